The van der Waals surface area contributed by atoms with Crippen molar-refractivity contribution in [3.63, 3.8) is 0 Å². The van der Waals surface area contributed by atoms with Crippen molar-refractivity contribution in [2.24, 2.45) is 5.10 Å². The Balaban J connectivity index is 2.77. The summed E-state index contributed by atoms with van der Waals surface area (Å²) in [5.74, 6) is -0.476. The standard InChI is InChI=1S/C10H14Cl2N2O2/c1-7(11)9(12)10(15)14(13-2)8-5-3-4-6-16-8/h8H,2-6H2,1H3/b9-7-. The van der Waals surface area contributed by atoms with Crippen LogP contribution in [0, 0.1) is 0 Å². The zero-order valence-corrected chi connectivity index (χ0v) is 10.6. The van der Waals surface area contributed by atoms with Gasteiger partial charge in [-0.3, -0.25) is 4.79 Å². The lowest BCUT2D eigenvalue weighted by molar-refractivity contribution is -0.146. The van der Waals surface area contributed by atoms with E-state index in [1.165, 1.54) is 0 Å². The molecule has 1 atom stereocenters. The fourth-order valence-electron chi connectivity index (χ4n) is 1.45. The fourth-order valence-corrected chi connectivity index (χ4v) is 1.62. The maximum atomic E-state index is 11.9. The van der Waals surface area contributed by atoms with E-state index in [4.69, 9.17) is 27.9 Å². The largest absolute Gasteiger partial charge is 0.356 e. The van der Waals surface area contributed by atoms with Crippen LogP contribution in [0.15, 0.2) is 15.2 Å². The average Bonchev–Trinajstić information content (AvgIpc) is 2.30. The molecule has 1 fully saturated rings. The van der Waals surface area contributed by atoms with Crippen molar-refractivity contribution in [3.05, 3.63) is 10.1 Å². The summed E-state index contributed by atoms with van der Waals surface area (Å²) in [7, 11) is 0. The molecule has 0 aromatic heterocycles. The highest BCUT2D eigenvalue weighted by Crippen LogP contribution is 2.22. The summed E-state index contributed by atoms with van der Waals surface area (Å²) in [5, 5.41) is 4.97. The summed E-state index contributed by atoms with van der Waals surface area (Å²) < 4.78 is 5.43. The number of carbonyl (C=O) groups is 1. The number of nitrogens with zero attached hydrogens (tertiary/aromatic N) is 2. The van der Waals surface area contributed by atoms with E-state index in [2.05, 4.69) is 11.8 Å². The molecule has 0 N–H and O–H groups in total. The Kier molecular flexibility index (Phi) is 5.25. The van der Waals surface area contributed by atoms with Crippen molar-refractivity contribution < 1.29 is 9.53 Å². The molecule has 1 amide bonds. The van der Waals surface area contributed by atoms with Gasteiger partial charge in [-0.25, -0.2) is 5.01 Å². The van der Waals surface area contributed by atoms with Gasteiger partial charge in [0.1, 0.15) is 5.03 Å². The first-order chi connectivity index (χ1) is 7.57. The molecule has 0 aromatic rings. The van der Waals surface area contributed by atoms with Crippen LogP contribution in [0.2, 0.25) is 0 Å². The lowest BCUT2D eigenvalue weighted by Crippen LogP contribution is -2.40. The van der Waals surface area contributed by atoms with E-state index in [-0.39, 0.29) is 16.3 Å². The minimum atomic E-state index is -0.476. The van der Waals surface area contributed by atoms with E-state index in [1.54, 1.807) is 6.92 Å². The van der Waals surface area contributed by atoms with Gasteiger partial charge in [0, 0.05) is 18.4 Å². The molecule has 4 nitrogen and oxygen atoms in total. The molecule has 90 valence electrons. The van der Waals surface area contributed by atoms with Gasteiger partial charge in [0.2, 0.25) is 0 Å². The molecule has 1 heterocycles. The fraction of sp³-hybridized carbons (Fsp3) is 0.600. The highest BCUT2D eigenvalue weighted by Gasteiger charge is 2.27. The van der Waals surface area contributed by atoms with E-state index >= 15 is 0 Å². The third-order valence-electron chi connectivity index (χ3n) is 2.28. The molecule has 0 bridgehead atoms. The second-order valence-corrected chi connectivity index (χ2v) is 4.40. The smallest absolute Gasteiger partial charge is 0.289 e. The van der Waals surface area contributed by atoms with Crippen molar-refractivity contribution >= 4 is 35.8 Å². The minimum absolute atomic E-state index is 0.0526. The molecule has 6 heteroatoms. The molecule has 1 unspecified atom stereocenters. The maximum absolute atomic E-state index is 11.9. The Morgan fingerprint density at radius 3 is 2.62 bits per heavy atom. The van der Waals surface area contributed by atoms with Gasteiger partial charge in [0.05, 0.1) is 0 Å². The normalized spacial score (nSPS) is 22.3. The highest BCUT2D eigenvalue weighted by atomic mass is 35.5. The topological polar surface area (TPSA) is 41.9 Å². The number of allylic oxidation sites excluding steroid dienone is 1. The number of ether oxygens (including phenoxy) is 1. The second-order valence-electron chi connectivity index (χ2n) is 3.46. The van der Waals surface area contributed by atoms with Gasteiger partial charge in [-0.15, -0.1) is 0 Å². The first-order valence-electron chi connectivity index (χ1n) is 5.01. The third-order valence-corrected chi connectivity index (χ3v) is 3.01. The Bertz CT molecular complexity index is 308. The van der Waals surface area contributed by atoms with Gasteiger partial charge in [-0.2, -0.15) is 5.10 Å². The highest BCUT2D eigenvalue weighted by molar-refractivity contribution is 6.47. The Morgan fingerprint density at radius 1 is 1.50 bits per heavy atom. The van der Waals surface area contributed by atoms with Crippen LogP contribution in [-0.2, 0) is 9.53 Å². The number of hydrogen-bond acceptors (Lipinski definition) is 3. The van der Waals surface area contributed by atoms with Gasteiger partial charge in [0.15, 0.2) is 6.23 Å². The van der Waals surface area contributed by atoms with Crippen LogP contribution in [0.1, 0.15) is 26.2 Å². The second kappa shape index (κ2) is 6.23. The summed E-state index contributed by atoms with van der Waals surface area (Å²) in [6.07, 6.45) is 2.33. The van der Waals surface area contributed by atoms with E-state index in [9.17, 15) is 4.79 Å². The van der Waals surface area contributed by atoms with Crippen LogP contribution in [0.5, 0.6) is 0 Å². The molecule has 0 aliphatic carbocycles. The zero-order valence-electron chi connectivity index (χ0n) is 9.08. The summed E-state index contributed by atoms with van der Waals surface area (Å²) >= 11 is 11.4. The van der Waals surface area contributed by atoms with Crippen molar-refractivity contribution in [1.29, 1.82) is 0 Å². The van der Waals surface area contributed by atoms with Crippen molar-refractivity contribution in [1.82, 2.24) is 5.01 Å². The molecule has 0 aromatic carbocycles. The molecule has 16 heavy (non-hydrogen) atoms. The van der Waals surface area contributed by atoms with E-state index in [0.717, 1.165) is 24.3 Å². The molecule has 1 aliphatic rings. The van der Waals surface area contributed by atoms with Gasteiger partial charge in [0.25, 0.3) is 5.91 Å². The van der Waals surface area contributed by atoms with Gasteiger partial charge in [-0.1, -0.05) is 23.2 Å². The number of hydrazone groups is 1. The van der Waals surface area contributed by atoms with Crippen LogP contribution >= 0.6 is 23.2 Å². The van der Waals surface area contributed by atoms with Gasteiger partial charge in [-0.05, 0) is 26.2 Å². The van der Waals surface area contributed by atoms with Crippen LogP contribution in [0.25, 0.3) is 0 Å². The molecule has 0 spiro atoms. The third kappa shape index (κ3) is 3.20. The average molecular weight is 265 g/mol. The molecular weight excluding hydrogens is 251 g/mol. The van der Waals surface area contributed by atoms with Crippen molar-refractivity contribution in [2.75, 3.05) is 6.61 Å². The first kappa shape index (κ1) is 13.5. The summed E-state index contributed by atoms with van der Waals surface area (Å²) in [5.41, 5.74) is 0. The lowest BCUT2D eigenvalue weighted by Gasteiger charge is -2.29. The Morgan fingerprint density at radius 2 is 2.19 bits per heavy atom. The van der Waals surface area contributed by atoms with E-state index < -0.39 is 5.91 Å². The Hall–Kier alpha value is -0.580. The minimum Gasteiger partial charge on any atom is -0.356 e. The summed E-state index contributed by atoms with van der Waals surface area (Å²) in [6.45, 7) is 5.51. The van der Waals surface area contributed by atoms with Gasteiger partial charge < -0.3 is 4.74 Å². The van der Waals surface area contributed by atoms with Crippen LogP contribution in [-0.4, -0.2) is 30.5 Å². The van der Waals surface area contributed by atoms with E-state index in [1.807, 2.05) is 0 Å². The zero-order chi connectivity index (χ0) is 12.1. The van der Waals surface area contributed by atoms with Gasteiger partial charge >= 0.3 is 0 Å². The van der Waals surface area contributed by atoms with Crippen molar-refractivity contribution in [3.8, 4) is 0 Å². The predicted molar refractivity (Wildman–Crippen MR) is 64.4 cm³/mol. The van der Waals surface area contributed by atoms with Crippen LogP contribution in [0.4, 0.5) is 0 Å². The van der Waals surface area contributed by atoms with Crippen LogP contribution in [0.3, 0.4) is 0 Å². The number of rotatable bonds is 3. The molecule has 1 aliphatic heterocycles. The number of amides is 1. The SMILES string of the molecule is C=NN(C(=O)/C(Cl)=C(\C)Cl)C1CCCCO1. The first-order valence-corrected chi connectivity index (χ1v) is 5.77. The Labute approximate surface area is 105 Å². The summed E-state index contributed by atoms with van der Waals surface area (Å²) in [6, 6.07) is 0. The lowest BCUT2D eigenvalue weighted by atomic mass is 10.2. The molecular formula is C10H14Cl2N2O2. The number of hydrogen-bond donors (Lipinski definition) is 0. The monoisotopic (exact) mass is 264 g/mol. The quantitative estimate of drug-likeness (QED) is 0.447. The van der Waals surface area contributed by atoms with Crippen LogP contribution < -0.4 is 0 Å². The van der Waals surface area contributed by atoms with E-state index in [0.29, 0.717) is 6.61 Å². The van der Waals surface area contributed by atoms with Crippen molar-refractivity contribution in [2.45, 2.75) is 32.4 Å². The predicted octanol–water partition coefficient (Wildman–Crippen LogP) is 2.67. The molecule has 0 radical (unpaired) electrons. The molecule has 1 rings (SSSR count). The molecule has 1 saturated heterocycles. The maximum Gasteiger partial charge on any atom is 0.289 e. The number of carbonyl (C=O) groups excluding carboxylic acids is 1. The number of halogens is 2. The molecule has 0 saturated carbocycles. The summed E-state index contributed by atoms with van der Waals surface area (Å²) in [4.78, 5) is 11.9.